The molecule has 23 heavy (non-hydrogen) atoms. The third kappa shape index (κ3) is 3.73. The zero-order valence-corrected chi connectivity index (χ0v) is 14.0. The summed E-state index contributed by atoms with van der Waals surface area (Å²) in [6, 6.07) is 1.39. The van der Waals surface area contributed by atoms with E-state index in [1.165, 1.54) is 11.3 Å². The van der Waals surface area contributed by atoms with Crippen LogP contribution in [0.4, 0.5) is 0 Å². The Hall–Kier alpha value is -1.44. The molecule has 0 aromatic carbocycles. The van der Waals surface area contributed by atoms with Crippen LogP contribution in [0.3, 0.4) is 0 Å². The van der Waals surface area contributed by atoms with Gasteiger partial charge >= 0.3 is 0 Å². The van der Waals surface area contributed by atoms with Crippen molar-refractivity contribution in [3.63, 3.8) is 0 Å². The first-order valence-corrected chi connectivity index (χ1v) is 9.04. The van der Waals surface area contributed by atoms with Crippen molar-refractivity contribution in [2.24, 2.45) is 11.7 Å². The van der Waals surface area contributed by atoms with E-state index in [0.29, 0.717) is 39.4 Å². The predicted octanol–water partition coefficient (Wildman–Crippen LogP) is 0.786. The van der Waals surface area contributed by atoms with Crippen molar-refractivity contribution < 1.29 is 14.3 Å². The van der Waals surface area contributed by atoms with Gasteiger partial charge in [-0.1, -0.05) is 0 Å². The normalized spacial score (nSPS) is 21.3. The highest BCUT2D eigenvalue weighted by molar-refractivity contribution is 7.08. The first-order chi connectivity index (χ1) is 11.2. The first-order valence-electron chi connectivity index (χ1n) is 8.10. The number of piperazine rings is 1. The minimum absolute atomic E-state index is 0.0135. The molecule has 2 saturated heterocycles. The van der Waals surface area contributed by atoms with E-state index in [0.717, 1.165) is 18.4 Å². The fraction of sp³-hybridized carbons (Fsp3) is 0.625. The molecular weight excluding hydrogens is 314 g/mol. The smallest absolute Gasteiger partial charge is 0.254 e. The van der Waals surface area contributed by atoms with E-state index < -0.39 is 6.04 Å². The number of hydrogen-bond donors (Lipinski definition) is 1. The van der Waals surface area contributed by atoms with Crippen LogP contribution in [0.15, 0.2) is 16.8 Å². The van der Waals surface area contributed by atoms with Crippen LogP contribution in [-0.4, -0.2) is 67.0 Å². The van der Waals surface area contributed by atoms with Crippen molar-refractivity contribution in [3.8, 4) is 0 Å². The summed E-state index contributed by atoms with van der Waals surface area (Å²) in [6.07, 6.45) is 1.70. The molecule has 2 N–H and O–H groups in total. The average molecular weight is 337 g/mol. The molecule has 3 heterocycles. The molecule has 7 heteroatoms. The number of carbonyl (C=O) groups is 2. The van der Waals surface area contributed by atoms with Gasteiger partial charge in [0.1, 0.15) is 0 Å². The van der Waals surface area contributed by atoms with Crippen LogP contribution >= 0.6 is 11.3 Å². The van der Waals surface area contributed by atoms with E-state index >= 15 is 0 Å². The van der Waals surface area contributed by atoms with Crippen molar-refractivity contribution >= 4 is 23.2 Å². The number of hydrogen-bond acceptors (Lipinski definition) is 5. The van der Waals surface area contributed by atoms with Gasteiger partial charge in [0.05, 0.1) is 11.6 Å². The molecule has 2 aliphatic rings. The van der Waals surface area contributed by atoms with Crippen LogP contribution in [0.25, 0.3) is 0 Å². The van der Waals surface area contributed by atoms with Gasteiger partial charge in [-0.15, -0.1) is 0 Å². The topological polar surface area (TPSA) is 75.9 Å². The van der Waals surface area contributed by atoms with Crippen molar-refractivity contribution in [3.05, 3.63) is 22.4 Å². The number of nitrogens with two attached hydrogens (primary N) is 1. The van der Waals surface area contributed by atoms with E-state index in [9.17, 15) is 9.59 Å². The summed E-state index contributed by atoms with van der Waals surface area (Å²) < 4.78 is 5.33. The molecule has 0 saturated carbocycles. The van der Waals surface area contributed by atoms with Crippen molar-refractivity contribution in [1.82, 2.24) is 9.80 Å². The second-order valence-corrected chi connectivity index (χ2v) is 6.89. The number of carbonyl (C=O) groups excluding carboxylic acids is 2. The summed E-state index contributed by atoms with van der Waals surface area (Å²) in [5.41, 5.74) is 6.90. The SMILES string of the molecule is NC(C(=O)N1CCN(C(=O)c2ccsc2)CC1)C1CCOCC1. The minimum Gasteiger partial charge on any atom is -0.381 e. The molecule has 2 amide bonds. The Bertz CT molecular complexity index is 535. The highest BCUT2D eigenvalue weighted by atomic mass is 32.1. The Balaban J connectivity index is 1.52. The molecular formula is C16H23N3O3S. The van der Waals surface area contributed by atoms with Crippen molar-refractivity contribution in [1.29, 1.82) is 0 Å². The van der Waals surface area contributed by atoms with Crippen LogP contribution in [0.1, 0.15) is 23.2 Å². The summed E-state index contributed by atoms with van der Waals surface area (Å²) >= 11 is 1.52. The highest BCUT2D eigenvalue weighted by Gasteiger charge is 2.32. The average Bonchev–Trinajstić information content (AvgIpc) is 3.15. The zero-order chi connectivity index (χ0) is 16.2. The zero-order valence-electron chi connectivity index (χ0n) is 13.1. The lowest BCUT2D eigenvalue weighted by Gasteiger charge is -2.37. The summed E-state index contributed by atoms with van der Waals surface area (Å²) in [7, 11) is 0. The van der Waals surface area contributed by atoms with Gasteiger partial charge in [-0.3, -0.25) is 9.59 Å². The molecule has 126 valence electrons. The van der Waals surface area contributed by atoms with Gasteiger partial charge in [-0.25, -0.2) is 0 Å². The molecule has 0 spiro atoms. The lowest BCUT2D eigenvalue weighted by Crippen LogP contribution is -2.56. The van der Waals surface area contributed by atoms with Crippen molar-refractivity contribution in [2.45, 2.75) is 18.9 Å². The molecule has 3 rings (SSSR count). The van der Waals surface area contributed by atoms with Crippen LogP contribution in [-0.2, 0) is 9.53 Å². The molecule has 1 atom stereocenters. The van der Waals surface area contributed by atoms with Gasteiger partial charge in [-0.2, -0.15) is 11.3 Å². The van der Waals surface area contributed by atoms with Crippen molar-refractivity contribution in [2.75, 3.05) is 39.4 Å². The third-order valence-corrected chi connectivity index (χ3v) is 5.39. The third-order valence-electron chi connectivity index (χ3n) is 4.71. The van der Waals surface area contributed by atoms with Gasteiger partial charge in [-0.05, 0) is 30.2 Å². The standard InChI is InChI=1S/C16H23N3O3S/c17-14(12-1-8-22-9-2-12)16(21)19-6-4-18(5-7-19)15(20)13-3-10-23-11-13/h3,10-12,14H,1-2,4-9,17H2. The Labute approximate surface area is 140 Å². The van der Waals surface area contributed by atoms with Crippen LogP contribution < -0.4 is 5.73 Å². The number of amides is 2. The van der Waals surface area contributed by atoms with Gasteiger partial charge in [0.25, 0.3) is 5.91 Å². The number of ether oxygens (including phenoxy) is 1. The molecule has 1 aromatic heterocycles. The number of rotatable bonds is 3. The van der Waals surface area contributed by atoms with Gasteiger partial charge < -0.3 is 20.3 Å². The summed E-state index contributed by atoms with van der Waals surface area (Å²) in [6.45, 7) is 3.64. The summed E-state index contributed by atoms with van der Waals surface area (Å²) in [4.78, 5) is 28.5. The summed E-state index contributed by atoms with van der Waals surface area (Å²) in [5, 5.41) is 3.76. The lowest BCUT2D eigenvalue weighted by molar-refractivity contribution is -0.136. The fourth-order valence-corrected chi connectivity index (χ4v) is 3.82. The van der Waals surface area contributed by atoms with Gasteiger partial charge in [0, 0.05) is 44.8 Å². The Kier molecular flexibility index (Phi) is 5.30. The Morgan fingerprint density at radius 2 is 1.83 bits per heavy atom. The fourth-order valence-electron chi connectivity index (χ4n) is 3.19. The largest absolute Gasteiger partial charge is 0.381 e. The molecule has 6 nitrogen and oxygen atoms in total. The maximum atomic E-state index is 12.6. The molecule has 1 aromatic rings. The van der Waals surface area contributed by atoms with Gasteiger partial charge in [0.15, 0.2) is 0 Å². The quantitative estimate of drug-likeness (QED) is 0.885. The van der Waals surface area contributed by atoms with E-state index in [1.54, 1.807) is 4.90 Å². The van der Waals surface area contributed by atoms with E-state index in [2.05, 4.69) is 0 Å². The molecule has 0 bridgehead atoms. The minimum atomic E-state index is -0.446. The van der Waals surface area contributed by atoms with Crippen LogP contribution in [0, 0.1) is 5.92 Å². The molecule has 2 aliphatic heterocycles. The highest BCUT2D eigenvalue weighted by Crippen LogP contribution is 2.20. The van der Waals surface area contributed by atoms with E-state index in [4.69, 9.17) is 10.5 Å². The van der Waals surface area contributed by atoms with Crippen LogP contribution in [0.2, 0.25) is 0 Å². The Morgan fingerprint density at radius 1 is 1.17 bits per heavy atom. The maximum Gasteiger partial charge on any atom is 0.254 e. The molecule has 0 radical (unpaired) electrons. The van der Waals surface area contributed by atoms with Crippen LogP contribution in [0.5, 0.6) is 0 Å². The summed E-state index contributed by atoms with van der Waals surface area (Å²) in [5.74, 6) is 0.272. The van der Waals surface area contributed by atoms with Gasteiger partial charge in [0.2, 0.25) is 5.91 Å². The van der Waals surface area contributed by atoms with E-state index in [-0.39, 0.29) is 17.7 Å². The van der Waals surface area contributed by atoms with E-state index in [1.807, 2.05) is 21.7 Å². The molecule has 1 unspecified atom stereocenters. The molecule has 0 aliphatic carbocycles. The monoisotopic (exact) mass is 337 g/mol. The second kappa shape index (κ2) is 7.42. The number of thiophene rings is 1. The molecule has 2 fully saturated rings. The first kappa shape index (κ1) is 16.4. The Morgan fingerprint density at radius 3 is 2.43 bits per heavy atom. The maximum absolute atomic E-state index is 12.6. The second-order valence-electron chi connectivity index (χ2n) is 6.11. The lowest BCUT2D eigenvalue weighted by atomic mass is 9.91. The number of nitrogens with zero attached hydrogens (tertiary/aromatic N) is 2. The predicted molar refractivity (Wildman–Crippen MR) is 88.3 cm³/mol.